The van der Waals surface area contributed by atoms with Gasteiger partial charge < -0.3 is 19.7 Å². The second-order valence-corrected chi connectivity index (χ2v) is 6.26. The lowest BCUT2D eigenvalue weighted by Gasteiger charge is -2.21. The summed E-state index contributed by atoms with van der Waals surface area (Å²) in [7, 11) is 0. The van der Waals surface area contributed by atoms with Crippen molar-refractivity contribution in [3.05, 3.63) is 61.5 Å². The van der Waals surface area contributed by atoms with Crippen LogP contribution in [0.1, 0.15) is 37.6 Å². The van der Waals surface area contributed by atoms with Gasteiger partial charge in [0.2, 0.25) is 5.78 Å². The van der Waals surface area contributed by atoms with Crippen LogP contribution < -0.4 is 5.43 Å². The molecule has 0 atom stereocenters. The molecule has 8 heteroatoms. The number of phenolic OH excluding ortho intramolecular Hbond substituents is 3. The molecule has 1 heterocycles. The Morgan fingerprint density at radius 3 is 2.27 bits per heavy atom. The third kappa shape index (κ3) is 1.91. The Morgan fingerprint density at radius 2 is 1.58 bits per heavy atom. The molecule has 0 saturated carbocycles. The van der Waals surface area contributed by atoms with Gasteiger partial charge >= 0.3 is 0 Å². The molecule has 130 valence electrons. The first kappa shape index (κ1) is 16.2. The van der Waals surface area contributed by atoms with Crippen molar-refractivity contribution < 1.29 is 29.3 Å². The molecule has 0 bridgehead atoms. The lowest BCUT2D eigenvalue weighted by atomic mass is 9.82. The molecule has 0 aliphatic heterocycles. The Hall–Kier alpha value is -3.32. The molecule has 3 aromatic rings. The van der Waals surface area contributed by atoms with Crippen molar-refractivity contribution >= 4 is 34.1 Å². The number of fused-ring (bicyclic) bond motifs is 3. The monoisotopic (exact) mass is 372 g/mol. The molecule has 0 unspecified atom stereocenters. The highest BCUT2D eigenvalue weighted by Gasteiger charge is 2.38. The first-order valence-corrected chi connectivity index (χ1v) is 7.74. The average Bonchev–Trinajstić information content (AvgIpc) is 2.54. The van der Waals surface area contributed by atoms with Crippen molar-refractivity contribution in [2.75, 3.05) is 0 Å². The fraction of sp³-hybridized carbons (Fsp3) is 0.0556. The average molecular weight is 373 g/mol. The minimum Gasteiger partial charge on any atom is -0.507 e. The maximum Gasteiger partial charge on any atom is 0.202 e. The Labute approximate surface area is 149 Å². The lowest BCUT2D eigenvalue weighted by Crippen LogP contribution is -2.22. The SMILES string of the molecule is Cc1cc(=O)c2c(O)c3c(cc2o1)C(=O)c1c(Cl)c(O)cc(O)c1C3=O. The van der Waals surface area contributed by atoms with E-state index >= 15 is 0 Å². The van der Waals surface area contributed by atoms with E-state index in [4.69, 9.17) is 16.0 Å². The first-order chi connectivity index (χ1) is 12.2. The topological polar surface area (TPSA) is 125 Å². The number of carbonyl (C=O) groups is 2. The normalized spacial score (nSPS) is 13.0. The van der Waals surface area contributed by atoms with Crippen molar-refractivity contribution in [2.24, 2.45) is 0 Å². The van der Waals surface area contributed by atoms with Crippen LogP contribution in [0.4, 0.5) is 0 Å². The molecule has 26 heavy (non-hydrogen) atoms. The molecule has 1 aromatic heterocycles. The minimum atomic E-state index is -0.895. The van der Waals surface area contributed by atoms with Crippen LogP contribution in [-0.2, 0) is 0 Å². The molecule has 0 amide bonds. The fourth-order valence-electron chi connectivity index (χ4n) is 3.17. The van der Waals surface area contributed by atoms with Gasteiger partial charge in [0.25, 0.3) is 0 Å². The summed E-state index contributed by atoms with van der Waals surface area (Å²) in [4.78, 5) is 37.9. The fourth-order valence-corrected chi connectivity index (χ4v) is 3.40. The van der Waals surface area contributed by atoms with Crippen LogP contribution in [0.3, 0.4) is 0 Å². The van der Waals surface area contributed by atoms with Gasteiger partial charge in [0, 0.05) is 17.7 Å². The summed E-state index contributed by atoms with van der Waals surface area (Å²) in [5.41, 5.74) is -2.15. The quantitative estimate of drug-likeness (QED) is 0.433. The Morgan fingerprint density at radius 1 is 0.885 bits per heavy atom. The number of hydrogen-bond donors (Lipinski definition) is 3. The highest BCUT2D eigenvalue weighted by molar-refractivity contribution is 6.41. The van der Waals surface area contributed by atoms with E-state index in [0.717, 1.165) is 12.1 Å². The van der Waals surface area contributed by atoms with Crippen LogP contribution >= 0.6 is 11.6 Å². The van der Waals surface area contributed by atoms with Crippen LogP contribution in [0.5, 0.6) is 17.2 Å². The van der Waals surface area contributed by atoms with Crippen LogP contribution in [0.25, 0.3) is 11.0 Å². The molecule has 4 rings (SSSR count). The second-order valence-electron chi connectivity index (χ2n) is 5.88. The van der Waals surface area contributed by atoms with Crippen molar-refractivity contribution in [1.29, 1.82) is 0 Å². The van der Waals surface area contributed by atoms with Gasteiger partial charge in [0.15, 0.2) is 11.2 Å². The van der Waals surface area contributed by atoms with E-state index in [0.29, 0.717) is 0 Å². The zero-order chi connectivity index (χ0) is 18.9. The Kier molecular flexibility index (Phi) is 3.16. The number of carbonyl (C=O) groups excluding carboxylic acids is 2. The molecule has 2 aromatic carbocycles. The van der Waals surface area contributed by atoms with Gasteiger partial charge in [0.05, 0.1) is 21.7 Å². The predicted molar refractivity (Wildman–Crippen MR) is 90.5 cm³/mol. The van der Waals surface area contributed by atoms with Crippen LogP contribution in [0, 0.1) is 6.92 Å². The van der Waals surface area contributed by atoms with E-state index in [-0.39, 0.29) is 27.9 Å². The number of phenols is 3. The Bertz CT molecular complexity index is 1240. The van der Waals surface area contributed by atoms with E-state index in [2.05, 4.69) is 0 Å². The summed E-state index contributed by atoms with van der Waals surface area (Å²) in [6, 6.07) is 3.14. The van der Waals surface area contributed by atoms with Gasteiger partial charge in [0.1, 0.15) is 34.0 Å². The standard InChI is InChI=1S/C18H9ClO7/c1-5-2-7(20)12-10(26-5)3-6-11(17(12)24)18(25)13-8(21)4-9(22)15(19)14(13)16(6)23/h2-4,21-22,24H,1H3. The third-order valence-corrected chi connectivity index (χ3v) is 4.65. The number of halogens is 1. The number of ketones is 2. The maximum atomic E-state index is 12.9. The highest BCUT2D eigenvalue weighted by atomic mass is 35.5. The summed E-state index contributed by atoms with van der Waals surface area (Å²) in [5.74, 6) is -3.38. The highest BCUT2D eigenvalue weighted by Crippen LogP contribution is 2.44. The van der Waals surface area contributed by atoms with Gasteiger partial charge in [-0.25, -0.2) is 0 Å². The molecule has 0 saturated heterocycles. The molecule has 1 aliphatic carbocycles. The Balaban J connectivity index is 2.18. The summed E-state index contributed by atoms with van der Waals surface area (Å²) >= 11 is 5.95. The number of benzene rings is 2. The van der Waals surface area contributed by atoms with Crippen LogP contribution in [0.2, 0.25) is 5.02 Å². The van der Waals surface area contributed by atoms with Crippen molar-refractivity contribution in [2.45, 2.75) is 6.92 Å². The zero-order valence-corrected chi connectivity index (χ0v) is 13.8. The van der Waals surface area contributed by atoms with Gasteiger partial charge in [-0.1, -0.05) is 11.6 Å². The van der Waals surface area contributed by atoms with Gasteiger partial charge in [-0.3, -0.25) is 14.4 Å². The number of aryl methyl sites for hydroxylation is 1. The molecular formula is C18H9ClO7. The minimum absolute atomic E-state index is 0.0728. The smallest absolute Gasteiger partial charge is 0.202 e. The summed E-state index contributed by atoms with van der Waals surface area (Å²) in [5, 5.41) is 29.6. The molecule has 0 fully saturated rings. The van der Waals surface area contributed by atoms with Gasteiger partial charge in [-0.05, 0) is 13.0 Å². The van der Waals surface area contributed by atoms with E-state index in [1.807, 2.05) is 0 Å². The summed E-state index contributed by atoms with van der Waals surface area (Å²) in [6.07, 6.45) is 0. The largest absolute Gasteiger partial charge is 0.507 e. The number of rotatable bonds is 0. The van der Waals surface area contributed by atoms with Crippen LogP contribution in [0.15, 0.2) is 27.4 Å². The zero-order valence-electron chi connectivity index (χ0n) is 13.1. The predicted octanol–water partition coefficient (Wildman–Crippen LogP) is 2.65. The number of hydrogen-bond acceptors (Lipinski definition) is 7. The van der Waals surface area contributed by atoms with Crippen molar-refractivity contribution in [1.82, 2.24) is 0 Å². The molecule has 7 nitrogen and oxygen atoms in total. The molecule has 0 radical (unpaired) electrons. The molecular weight excluding hydrogens is 364 g/mol. The van der Waals surface area contributed by atoms with Gasteiger partial charge in [-0.2, -0.15) is 0 Å². The molecule has 3 N–H and O–H groups in total. The van der Waals surface area contributed by atoms with E-state index in [1.54, 1.807) is 0 Å². The van der Waals surface area contributed by atoms with Crippen LogP contribution in [-0.4, -0.2) is 26.9 Å². The van der Waals surface area contributed by atoms with Crippen molar-refractivity contribution in [3.8, 4) is 17.2 Å². The summed E-state index contributed by atoms with van der Waals surface area (Å²) in [6.45, 7) is 1.52. The van der Waals surface area contributed by atoms with E-state index in [9.17, 15) is 29.7 Å². The molecule has 0 spiro atoms. The van der Waals surface area contributed by atoms with E-state index < -0.39 is 50.4 Å². The van der Waals surface area contributed by atoms with Crippen molar-refractivity contribution in [3.63, 3.8) is 0 Å². The maximum absolute atomic E-state index is 12.9. The molecule has 1 aliphatic rings. The second kappa shape index (κ2) is 5.09. The third-order valence-electron chi connectivity index (χ3n) is 4.27. The lowest BCUT2D eigenvalue weighted by molar-refractivity contribution is 0.0974. The van der Waals surface area contributed by atoms with E-state index in [1.165, 1.54) is 13.0 Å². The summed E-state index contributed by atoms with van der Waals surface area (Å²) < 4.78 is 5.38. The first-order valence-electron chi connectivity index (χ1n) is 7.36. The number of aromatic hydroxyl groups is 3. The van der Waals surface area contributed by atoms with Gasteiger partial charge in [-0.15, -0.1) is 0 Å².